The summed E-state index contributed by atoms with van der Waals surface area (Å²) >= 11 is 0. The fourth-order valence-corrected chi connectivity index (χ4v) is 3.87. The number of benzene rings is 3. The molecule has 0 amide bonds. The number of ether oxygens (including phenoxy) is 1. The number of fused-ring (bicyclic) bond motifs is 2. The molecule has 3 aromatic carbocycles. The van der Waals surface area contributed by atoms with E-state index in [-0.39, 0.29) is 0 Å². The van der Waals surface area contributed by atoms with Crippen molar-refractivity contribution in [1.82, 2.24) is 14.5 Å². The van der Waals surface area contributed by atoms with Gasteiger partial charge in [0.2, 0.25) is 0 Å². The van der Waals surface area contributed by atoms with Crippen LogP contribution in [-0.4, -0.2) is 14.5 Å². The molecule has 0 fully saturated rings. The predicted molar refractivity (Wildman–Crippen MR) is 110 cm³/mol. The van der Waals surface area contributed by atoms with Crippen LogP contribution in [0.15, 0.2) is 91.3 Å². The van der Waals surface area contributed by atoms with Crippen LogP contribution in [0.3, 0.4) is 0 Å². The molecule has 1 aliphatic heterocycles. The Labute approximate surface area is 161 Å². The van der Waals surface area contributed by atoms with Gasteiger partial charge in [0.15, 0.2) is 11.5 Å². The van der Waals surface area contributed by atoms with Crippen LogP contribution < -0.4 is 4.74 Å². The van der Waals surface area contributed by atoms with Crippen LogP contribution in [0.2, 0.25) is 0 Å². The molecular weight excluding hydrogens is 346 g/mol. The average molecular weight is 361 g/mol. The maximum Gasteiger partial charge on any atom is 0.159 e. The van der Waals surface area contributed by atoms with E-state index in [1.54, 1.807) is 12.4 Å². The number of hydrogen-bond donors (Lipinski definition) is 0. The maximum atomic E-state index is 6.40. The zero-order valence-electron chi connectivity index (χ0n) is 14.9. The minimum Gasteiger partial charge on any atom is -0.452 e. The van der Waals surface area contributed by atoms with Crippen LogP contribution >= 0.6 is 0 Å². The van der Waals surface area contributed by atoms with Gasteiger partial charge in [0.1, 0.15) is 11.3 Å². The van der Waals surface area contributed by atoms with Crippen LogP contribution in [0.4, 0.5) is 0 Å². The van der Waals surface area contributed by atoms with Crippen molar-refractivity contribution in [3.63, 3.8) is 0 Å². The van der Waals surface area contributed by atoms with E-state index in [2.05, 4.69) is 39.9 Å². The van der Waals surface area contributed by atoms with Gasteiger partial charge in [-0.25, -0.2) is 4.98 Å². The van der Waals surface area contributed by atoms with Crippen LogP contribution in [-0.2, 0) is 0 Å². The second-order valence-electron chi connectivity index (χ2n) is 6.75. The largest absolute Gasteiger partial charge is 0.452 e. The summed E-state index contributed by atoms with van der Waals surface area (Å²) in [5, 5.41) is 0. The van der Waals surface area contributed by atoms with Crippen molar-refractivity contribution in [2.24, 2.45) is 0 Å². The Bertz CT molecular complexity index is 1320. The van der Waals surface area contributed by atoms with Gasteiger partial charge in [-0.15, -0.1) is 0 Å². The first-order chi connectivity index (χ1) is 13.9. The first-order valence-electron chi connectivity index (χ1n) is 9.19. The molecule has 132 valence electrons. The smallest absolute Gasteiger partial charge is 0.159 e. The van der Waals surface area contributed by atoms with Crippen LogP contribution in [0, 0.1) is 0 Å². The maximum absolute atomic E-state index is 6.40. The lowest BCUT2D eigenvalue weighted by molar-refractivity contribution is 0.477. The van der Waals surface area contributed by atoms with Crippen molar-refractivity contribution in [2.75, 3.05) is 0 Å². The molecule has 0 bridgehead atoms. The van der Waals surface area contributed by atoms with Crippen molar-refractivity contribution in [3.8, 4) is 39.7 Å². The van der Waals surface area contributed by atoms with Gasteiger partial charge in [0.05, 0.1) is 11.2 Å². The van der Waals surface area contributed by atoms with Gasteiger partial charge in [-0.05, 0) is 35.9 Å². The minimum atomic E-state index is 0.821. The standard InChI is InChI=1S/C24H15N3O/c1-2-6-17(7-3-1)24-26-19-9-5-11-21-22(19)27(24)20-10-4-8-18(23(20)28-21)16-12-14-25-15-13-16/h1-15H. The highest BCUT2D eigenvalue weighted by molar-refractivity contribution is 5.92. The number of rotatable bonds is 2. The molecular formula is C24H15N3O. The van der Waals surface area contributed by atoms with Crippen LogP contribution in [0.25, 0.3) is 39.2 Å². The Morgan fingerprint density at radius 1 is 0.714 bits per heavy atom. The summed E-state index contributed by atoms with van der Waals surface area (Å²) in [4.78, 5) is 9.07. The summed E-state index contributed by atoms with van der Waals surface area (Å²) < 4.78 is 8.61. The summed E-state index contributed by atoms with van der Waals surface area (Å²) in [6.07, 6.45) is 3.60. The number of aromatic nitrogens is 3. The Kier molecular flexibility index (Phi) is 3.14. The fraction of sp³-hybridized carbons (Fsp3) is 0. The zero-order chi connectivity index (χ0) is 18.5. The summed E-state index contributed by atoms with van der Waals surface area (Å²) in [6.45, 7) is 0. The molecule has 0 aliphatic carbocycles. The molecule has 0 N–H and O–H groups in total. The van der Waals surface area contributed by atoms with E-state index < -0.39 is 0 Å². The summed E-state index contributed by atoms with van der Waals surface area (Å²) in [6, 6.07) is 26.5. The molecule has 3 heterocycles. The van der Waals surface area contributed by atoms with Crippen LogP contribution in [0.5, 0.6) is 11.5 Å². The molecule has 1 aliphatic rings. The third-order valence-electron chi connectivity index (χ3n) is 5.11. The molecule has 28 heavy (non-hydrogen) atoms. The predicted octanol–water partition coefficient (Wildman–Crippen LogP) is 5.86. The van der Waals surface area contributed by atoms with Gasteiger partial charge < -0.3 is 4.74 Å². The van der Waals surface area contributed by atoms with E-state index in [0.717, 1.165) is 50.7 Å². The van der Waals surface area contributed by atoms with Gasteiger partial charge in [-0.1, -0.05) is 48.5 Å². The molecule has 6 rings (SSSR count). The molecule has 0 saturated heterocycles. The highest BCUT2D eigenvalue weighted by Gasteiger charge is 2.26. The third kappa shape index (κ3) is 2.12. The quantitative estimate of drug-likeness (QED) is 0.388. The normalized spacial score (nSPS) is 11.9. The number of hydrogen-bond acceptors (Lipinski definition) is 3. The van der Waals surface area contributed by atoms with E-state index in [1.807, 2.05) is 48.5 Å². The highest BCUT2D eigenvalue weighted by Crippen LogP contribution is 2.47. The summed E-state index contributed by atoms with van der Waals surface area (Å²) in [5.41, 5.74) is 6.11. The van der Waals surface area contributed by atoms with Crippen molar-refractivity contribution in [3.05, 3.63) is 91.3 Å². The van der Waals surface area contributed by atoms with Crippen LogP contribution in [0.1, 0.15) is 0 Å². The Morgan fingerprint density at radius 2 is 1.54 bits per heavy atom. The van der Waals surface area contributed by atoms with Gasteiger partial charge >= 0.3 is 0 Å². The second kappa shape index (κ2) is 5.79. The average Bonchev–Trinajstić information content (AvgIpc) is 3.16. The topological polar surface area (TPSA) is 39.9 Å². The molecule has 0 atom stereocenters. The third-order valence-corrected chi connectivity index (χ3v) is 5.11. The highest BCUT2D eigenvalue weighted by atomic mass is 16.5. The lowest BCUT2D eigenvalue weighted by atomic mass is 10.0. The van der Waals surface area contributed by atoms with Crippen molar-refractivity contribution in [1.29, 1.82) is 0 Å². The Morgan fingerprint density at radius 3 is 2.39 bits per heavy atom. The molecule has 0 unspecified atom stereocenters. The second-order valence-corrected chi connectivity index (χ2v) is 6.75. The Balaban J connectivity index is 1.70. The first kappa shape index (κ1) is 15.2. The van der Waals surface area contributed by atoms with E-state index in [9.17, 15) is 0 Å². The molecule has 4 nitrogen and oxygen atoms in total. The lowest BCUT2D eigenvalue weighted by Crippen LogP contribution is -2.06. The summed E-state index contributed by atoms with van der Waals surface area (Å²) in [5.74, 6) is 2.57. The first-order valence-corrected chi connectivity index (χ1v) is 9.19. The number of nitrogens with zero attached hydrogens (tertiary/aromatic N) is 3. The number of imidazole rings is 1. The van der Waals surface area contributed by atoms with E-state index in [4.69, 9.17) is 9.72 Å². The molecule has 0 radical (unpaired) electrons. The van der Waals surface area contributed by atoms with E-state index >= 15 is 0 Å². The zero-order valence-corrected chi connectivity index (χ0v) is 14.9. The monoisotopic (exact) mass is 361 g/mol. The molecule has 2 aromatic heterocycles. The molecule has 5 aromatic rings. The van der Waals surface area contributed by atoms with Crippen molar-refractivity contribution in [2.45, 2.75) is 0 Å². The summed E-state index contributed by atoms with van der Waals surface area (Å²) in [7, 11) is 0. The Hall–Kier alpha value is -3.92. The van der Waals surface area contributed by atoms with Crippen molar-refractivity contribution < 1.29 is 4.74 Å². The minimum absolute atomic E-state index is 0.821. The molecule has 4 heteroatoms. The SMILES string of the molecule is c1ccc(-c2nc3cccc4c3n2-c2cccc(-c3ccncc3)c2O4)cc1. The fourth-order valence-electron chi connectivity index (χ4n) is 3.87. The molecule has 0 spiro atoms. The van der Waals surface area contributed by atoms with Gasteiger partial charge in [-0.3, -0.25) is 9.55 Å². The van der Waals surface area contributed by atoms with E-state index in [0.29, 0.717) is 0 Å². The van der Waals surface area contributed by atoms with E-state index in [1.165, 1.54) is 0 Å². The van der Waals surface area contributed by atoms with Crippen molar-refractivity contribution >= 4 is 11.0 Å². The van der Waals surface area contributed by atoms with Gasteiger partial charge in [0.25, 0.3) is 0 Å². The number of para-hydroxylation sites is 2. The van der Waals surface area contributed by atoms with Gasteiger partial charge in [0, 0.05) is 23.5 Å². The lowest BCUT2D eigenvalue weighted by Gasteiger charge is -2.23. The molecule has 0 saturated carbocycles. The van der Waals surface area contributed by atoms with Gasteiger partial charge in [-0.2, -0.15) is 0 Å². The number of pyridine rings is 1.